The average Bonchev–Trinajstić information content (AvgIpc) is 2.16. The molecular formula is C10H9ClO3. The van der Waals surface area contributed by atoms with Gasteiger partial charge < -0.3 is 4.74 Å². The van der Waals surface area contributed by atoms with Crippen LogP contribution in [-0.2, 0) is 20.7 Å². The Labute approximate surface area is 86.6 Å². The number of benzene rings is 1. The van der Waals surface area contributed by atoms with Gasteiger partial charge in [-0.05, 0) is 17.7 Å². The number of methoxy groups -OCH3 is 1. The molecule has 0 N–H and O–H groups in total. The van der Waals surface area contributed by atoms with Gasteiger partial charge in [0.1, 0.15) is 0 Å². The predicted molar refractivity (Wildman–Crippen MR) is 52.2 cm³/mol. The second-order valence-electron chi connectivity index (χ2n) is 2.72. The number of Topliss-reactive ketones (excluding diaryl/α,β-unsaturated/α-hetero) is 1. The van der Waals surface area contributed by atoms with Crippen LogP contribution < -0.4 is 0 Å². The fraction of sp³-hybridized carbons (Fsp3) is 0.200. The maximum atomic E-state index is 11.1. The van der Waals surface area contributed by atoms with Crippen molar-refractivity contribution in [1.82, 2.24) is 0 Å². The molecule has 1 aromatic carbocycles. The lowest BCUT2D eigenvalue weighted by Crippen LogP contribution is -2.17. The van der Waals surface area contributed by atoms with Crippen molar-refractivity contribution < 1.29 is 14.3 Å². The van der Waals surface area contributed by atoms with Gasteiger partial charge in [-0.3, -0.25) is 4.79 Å². The maximum Gasteiger partial charge on any atom is 0.374 e. The maximum absolute atomic E-state index is 11.1. The van der Waals surface area contributed by atoms with Gasteiger partial charge in [-0.25, -0.2) is 4.79 Å². The molecule has 0 atom stereocenters. The minimum Gasteiger partial charge on any atom is -0.463 e. The summed E-state index contributed by atoms with van der Waals surface area (Å²) in [4.78, 5) is 21.9. The molecule has 14 heavy (non-hydrogen) atoms. The van der Waals surface area contributed by atoms with Crippen LogP contribution in [0.3, 0.4) is 0 Å². The van der Waals surface area contributed by atoms with E-state index in [1.54, 1.807) is 24.3 Å². The van der Waals surface area contributed by atoms with Gasteiger partial charge in [0.15, 0.2) is 0 Å². The highest BCUT2D eigenvalue weighted by atomic mass is 35.5. The first kappa shape index (κ1) is 10.7. The number of rotatable bonds is 3. The molecule has 0 aromatic heterocycles. The summed E-state index contributed by atoms with van der Waals surface area (Å²) >= 11 is 5.71. The molecule has 0 aliphatic heterocycles. The van der Waals surface area contributed by atoms with Crippen molar-refractivity contribution in [3.63, 3.8) is 0 Å². The van der Waals surface area contributed by atoms with Crippen molar-refractivity contribution in [2.24, 2.45) is 0 Å². The average molecular weight is 213 g/mol. The molecule has 0 aliphatic carbocycles. The van der Waals surface area contributed by atoms with E-state index < -0.39 is 11.8 Å². The Hall–Kier alpha value is -1.35. The lowest BCUT2D eigenvalue weighted by molar-refractivity contribution is -0.151. The van der Waals surface area contributed by atoms with Crippen LogP contribution in [0.4, 0.5) is 0 Å². The number of carbonyl (C=O) groups excluding carboxylic acids is 2. The summed E-state index contributed by atoms with van der Waals surface area (Å²) in [6.45, 7) is 0. The second-order valence-corrected chi connectivity index (χ2v) is 3.16. The van der Waals surface area contributed by atoms with Gasteiger partial charge in [-0.1, -0.05) is 23.7 Å². The zero-order valence-corrected chi connectivity index (χ0v) is 8.38. The van der Waals surface area contributed by atoms with Crippen molar-refractivity contribution in [2.75, 3.05) is 7.11 Å². The summed E-state index contributed by atoms with van der Waals surface area (Å²) in [5.41, 5.74) is 0.702. The standard InChI is InChI=1S/C10H9ClO3/c1-14-10(13)9(12)6-7-3-2-4-8(11)5-7/h2-5H,6H2,1H3. The van der Waals surface area contributed by atoms with Crippen molar-refractivity contribution in [2.45, 2.75) is 6.42 Å². The fourth-order valence-corrected chi connectivity index (χ4v) is 1.23. The van der Waals surface area contributed by atoms with Crippen molar-refractivity contribution in [1.29, 1.82) is 0 Å². The quantitative estimate of drug-likeness (QED) is 0.565. The van der Waals surface area contributed by atoms with E-state index >= 15 is 0 Å². The number of carbonyl (C=O) groups is 2. The minimum atomic E-state index is -0.829. The molecule has 74 valence electrons. The van der Waals surface area contributed by atoms with Crippen LogP contribution in [0.25, 0.3) is 0 Å². The Bertz CT molecular complexity index is 360. The van der Waals surface area contributed by atoms with E-state index in [0.717, 1.165) is 0 Å². The van der Waals surface area contributed by atoms with Gasteiger partial charge in [-0.15, -0.1) is 0 Å². The molecule has 0 radical (unpaired) electrons. The topological polar surface area (TPSA) is 43.4 Å². The van der Waals surface area contributed by atoms with E-state index in [1.165, 1.54) is 7.11 Å². The summed E-state index contributed by atoms with van der Waals surface area (Å²) < 4.78 is 4.29. The number of esters is 1. The third kappa shape index (κ3) is 2.85. The van der Waals surface area contributed by atoms with Crippen molar-refractivity contribution >= 4 is 23.4 Å². The Balaban J connectivity index is 2.70. The molecule has 1 rings (SSSR count). The summed E-state index contributed by atoms with van der Waals surface area (Å²) in [6, 6.07) is 6.80. The second kappa shape index (κ2) is 4.77. The lowest BCUT2D eigenvalue weighted by Gasteiger charge is -1.99. The monoisotopic (exact) mass is 212 g/mol. The van der Waals surface area contributed by atoms with Crippen LogP contribution in [0.5, 0.6) is 0 Å². The molecule has 0 saturated heterocycles. The first-order chi connectivity index (χ1) is 6.63. The molecule has 1 aromatic rings. The van der Waals surface area contributed by atoms with E-state index in [2.05, 4.69) is 4.74 Å². The van der Waals surface area contributed by atoms with Gasteiger partial charge >= 0.3 is 5.97 Å². The Morgan fingerprint density at radius 3 is 2.71 bits per heavy atom. The van der Waals surface area contributed by atoms with Gasteiger partial charge in [0.25, 0.3) is 0 Å². The van der Waals surface area contributed by atoms with Crippen LogP contribution in [0.2, 0.25) is 5.02 Å². The summed E-state index contributed by atoms with van der Waals surface area (Å²) in [6.07, 6.45) is 0.0211. The van der Waals surface area contributed by atoms with E-state index in [-0.39, 0.29) is 6.42 Å². The van der Waals surface area contributed by atoms with E-state index in [0.29, 0.717) is 10.6 Å². The molecule has 0 aliphatic rings. The van der Waals surface area contributed by atoms with E-state index in [1.807, 2.05) is 0 Å². The van der Waals surface area contributed by atoms with E-state index in [4.69, 9.17) is 11.6 Å². The van der Waals surface area contributed by atoms with Gasteiger partial charge in [0.05, 0.1) is 7.11 Å². The molecule has 0 heterocycles. The molecule has 4 heteroatoms. The highest BCUT2D eigenvalue weighted by molar-refractivity contribution is 6.34. The molecule has 0 spiro atoms. The smallest absolute Gasteiger partial charge is 0.374 e. The number of ether oxygens (including phenoxy) is 1. The van der Waals surface area contributed by atoms with Gasteiger partial charge in [0, 0.05) is 11.4 Å². The summed E-state index contributed by atoms with van der Waals surface area (Å²) in [7, 11) is 1.18. The van der Waals surface area contributed by atoms with E-state index in [9.17, 15) is 9.59 Å². The van der Waals surface area contributed by atoms with Gasteiger partial charge in [0.2, 0.25) is 5.78 Å². The predicted octanol–water partition coefficient (Wildman–Crippen LogP) is 1.62. The lowest BCUT2D eigenvalue weighted by atomic mass is 10.1. The molecule has 3 nitrogen and oxygen atoms in total. The molecule has 0 saturated carbocycles. The van der Waals surface area contributed by atoms with Crippen LogP contribution in [0, 0.1) is 0 Å². The zero-order valence-electron chi connectivity index (χ0n) is 7.62. The largest absolute Gasteiger partial charge is 0.463 e. The third-order valence-electron chi connectivity index (χ3n) is 1.67. The van der Waals surface area contributed by atoms with Crippen LogP contribution in [0.1, 0.15) is 5.56 Å². The highest BCUT2D eigenvalue weighted by Crippen LogP contribution is 2.11. The Morgan fingerprint density at radius 2 is 2.14 bits per heavy atom. The normalized spacial score (nSPS) is 9.57. The number of ketones is 1. The molecule has 0 bridgehead atoms. The SMILES string of the molecule is COC(=O)C(=O)Cc1cccc(Cl)c1. The number of halogens is 1. The minimum absolute atomic E-state index is 0.0211. The molecule has 0 fully saturated rings. The van der Waals surface area contributed by atoms with Crippen LogP contribution >= 0.6 is 11.6 Å². The first-order valence-electron chi connectivity index (χ1n) is 3.99. The summed E-state index contributed by atoms with van der Waals surface area (Å²) in [5, 5.41) is 0.542. The fourth-order valence-electron chi connectivity index (χ4n) is 1.02. The van der Waals surface area contributed by atoms with Crippen molar-refractivity contribution in [3.8, 4) is 0 Å². The van der Waals surface area contributed by atoms with Crippen LogP contribution in [0.15, 0.2) is 24.3 Å². The zero-order chi connectivity index (χ0) is 10.6. The first-order valence-corrected chi connectivity index (χ1v) is 4.37. The summed E-state index contributed by atoms with van der Waals surface area (Å²) in [5.74, 6) is -1.40. The van der Waals surface area contributed by atoms with Gasteiger partial charge in [-0.2, -0.15) is 0 Å². The molecule has 0 amide bonds. The highest BCUT2D eigenvalue weighted by Gasteiger charge is 2.13. The Kier molecular flexibility index (Phi) is 3.65. The number of hydrogen-bond donors (Lipinski definition) is 0. The van der Waals surface area contributed by atoms with Crippen molar-refractivity contribution in [3.05, 3.63) is 34.9 Å². The number of hydrogen-bond acceptors (Lipinski definition) is 3. The molecular weight excluding hydrogens is 204 g/mol. The van der Waals surface area contributed by atoms with Crippen LogP contribution in [-0.4, -0.2) is 18.9 Å². The molecule has 0 unspecified atom stereocenters. The third-order valence-corrected chi connectivity index (χ3v) is 1.90. The Morgan fingerprint density at radius 1 is 1.43 bits per heavy atom.